The highest BCUT2D eigenvalue weighted by molar-refractivity contribution is 5.88. The number of hydrogen-bond donors (Lipinski definition) is 1. The van der Waals surface area contributed by atoms with Crippen molar-refractivity contribution in [2.24, 2.45) is 11.3 Å². The zero-order valence-electron chi connectivity index (χ0n) is 16.6. The molecular formula is C21H26N4O3. The molecule has 0 saturated carbocycles. The lowest BCUT2D eigenvalue weighted by Crippen LogP contribution is -2.45. The van der Waals surface area contributed by atoms with Crippen molar-refractivity contribution in [3.05, 3.63) is 42.1 Å². The molecule has 0 radical (unpaired) electrons. The van der Waals surface area contributed by atoms with E-state index in [2.05, 4.69) is 15.0 Å². The number of carbonyl (C=O) groups excluding carboxylic acids is 1. The number of rotatable bonds is 4. The Balaban J connectivity index is 1.73. The Bertz CT molecular complexity index is 876. The Kier molecular flexibility index (Phi) is 5.72. The summed E-state index contributed by atoms with van der Waals surface area (Å²) in [7, 11) is 0. The highest BCUT2D eigenvalue weighted by Gasteiger charge is 2.31. The van der Waals surface area contributed by atoms with E-state index < -0.39 is 5.97 Å². The summed E-state index contributed by atoms with van der Waals surface area (Å²) >= 11 is 0. The number of carbonyl (C=O) groups is 2. The molecular weight excluding hydrogens is 356 g/mol. The monoisotopic (exact) mass is 382 g/mol. The molecule has 1 atom stereocenters. The van der Waals surface area contributed by atoms with Gasteiger partial charge in [-0.25, -0.2) is 9.78 Å². The molecule has 0 aromatic carbocycles. The third kappa shape index (κ3) is 4.71. The first-order chi connectivity index (χ1) is 13.2. The van der Waals surface area contributed by atoms with Gasteiger partial charge in [-0.15, -0.1) is 0 Å². The number of aromatic carboxylic acids is 1. The smallest absolute Gasteiger partial charge is 0.337 e. The third-order valence-corrected chi connectivity index (χ3v) is 4.91. The molecule has 1 fully saturated rings. The lowest BCUT2D eigenvalue weighted by atomic mass is 9.89. The third-order valence-electron chi connectivity index (χ3n) is 4.91. The molecule has 0 unspecified atom stereocenters. The molecule has 3 rings (SSSR count). The van der Waals surface area contributed by atoms with Gasteiger partial charge < -0.3 is 10.0 Å². The molecule has 1 N–H and O–H groups in total. The molecule has 1 aliphatic rings. The van der Waals surface area contributed by atoms with Crippen LogP contribution >= 0.6 is 0 Å². The molecule has 1 amide bonds. The molecule has 0 aliphatic carbocycles. The Labute approximate surface area is 164 Å². The van der Waals surface area contributed by atoms with Crippen LogP contribution in [0.3, 0.4) is 0 Å². The van der Waals surface area contributed by atoms with Crippen molar-refractivity contribution in [3.8, 4) is 11.3 Å². The minimum atomic E-state index is -1.02. The van der Waals surface area contributed by atoms with E-state index >= 15 is 0 Å². The average Bonchev–Trinajstić information content (AvgIpc) is 2.67. The van der Waals surface area contributed by atoms with Crippen LogP contribution in [-0.2, 0) is 11.2 Å². The predicted octanol–water partition coefficient (Wildman–Crippen LogP) is 3.06. The fraction of sp³-hybridized carbons (Fsp3) is 0.476. The topological polar surface area (TPSA) is 96.3 Å². The molecule has 3 heterocycles. The highest BCUT2D eigenvalue weighted by atomic mass is 16.4. The summed E-state index contributed by atoms with van der Waals surface area (Å²) < 4.78 is 0. The van der Waals surface area contributed by atoms with Gasteiger partial charge in [-0.2, -0.15) is 0 Å². The molecule has 7 nitrogen and oxygen atoms in total. The number of pyridine rings is 1. The van der Waals surface area contributed by atoms with Gasteiger partial charge in [-0.05, 0) is 31.2 Å². The first-order valence-electron chi connectivity index (χ1n) is 9.53. The maximum atomic E-state index is 12.6. The van der Waals surface area contributed by atoms with Crippen LogP contribution in [-0.4, -0.2) is 49.9 Å². The van der Waals surface area contributed by atoms with Gasteiger partial charge in [0.15, 0.2) is 0 Å². The number of aromatic nitrogens is 3. The number of likely N-dealkylation sites (tertiary alicyclic amines) is 1. The summed E-state index contributed by atoms with van der Waals surface area (Å²) in [6.07, 6.45) is 9.03. The second-order valence-corrected chi connectivity index (χ2v) is 8.38. The molecule has 2 aromatic heterocycles. The maximum Gasteiger partial charge on any atom is 0.337 e. The molecule has 1 saturated heterocycles. The SMILES string of the molecule is CC(C)(C)C(=O)N1CCC[C@@H](Cc2cncc(-c3cncc(C(=O)O)c3)n2)C1. The van der Waals surface area contributed by atoms with E-state index in [1.807, 2.05) is 25.7 Å². The van der Waals surface area contributed by atoms with Crippen molar-refractivity contribution >= 4 is 11.9 Å². The van der Waals surface area contributed by atoms with Crippen LogP contribution in [0, 0.1) is 11.3 Å². The van der Waals surface area contributed by atoms with E-state index in [1.165, 1.54) is 6.20 Å². The summed E-state index contributed by atoms with van der Waals surface area (Å²) in [6.45, 7) is 7.40. The Morgan fingerprint density at radius 3 is 2.64 bits per heavy atom. The predicted molar refractivity (Wildman–Crippen MR) is 105 cm³/mol. The Morgan fingerprint density at radius 1 is 1.18 bits per heavy atom. The van der Waals surface area contributed by atoms with E-state index in [4.69, 9.17) is 5.11 Å². The minimum Gasteiger partial charge on any atom is -0.478 e. The van der Waals surface area contributed by atoms with E-state index in [0.29, 0.717) is 17.2 Å². The van der Waals surface area contributed by atoms with Crippen LogP contribution in [0.2, 0.25) is 0 Å². The number of carboxylic acid groups (broad SMARTS) is 1. The van der Waals surface area contributed by atoms with Crippen molar-refractivity contribution in [1.29, 1.82) is 0 Å². The van der Waals surface area contributed by atoms with Gasteiger partial charge in [-0.3, -0.25) is 14.8 Å². The van der Waals surface area contributed by atoms with Crippen molar-refractivity contribution in [2.75, 3.05) is 13.1 Å². The normalized spacial score (nSPS) is 17.4. The Hall–Kier alpha value is -2.83. The average molecular weight is 382 g/mol. The zero-order chi connectivity index (χ0) is 20.3. The first-order valence-corrected chi connectivity index (χ1v) is 9.53. The van der Waals surface area contributed by atoms with Gasteiger partial charge in [0.1, 0.15) is 0 Å². The van der Waals surface area contributed by atoms with Gasteiger partial charge in [0.25, 0.3) is 0 Å². The van der Waals surface area contributed by atoms with Crippen LogP contribution in [0.25, 0.3) is 11.3 Å². The van der Waals surface area contributed by atoms with Crippen LogP contribution in [0.1, 0.15) is 49.7 Å². The van der Waals surface area contributed by atoms with Gasteiger partial charge in [0.2, 0.25) is 5.91 Å². The standard InChI is InChI=1S/C21H26N4O3/c1-21(2,3)20(28)25-6-4-5-14(13-25)7-17-11-23-12-18(24-17)15-8-16(19(26)27)10-22-9-15/h8-12,14H,4-7,13H2,1-3H3,(H,26,27)/t14-/m0/s1. The molecule has 0 bridgehead atoms. The van der Waals surface area contributed by atoms with Crippen molar-refractivity contribution in [2.45, 2.75) is 40.0 Å². The summed E-state index contributed by atoms with van der Waals surface area (Å²) in [5.74, 6) is -0.494. The molecule has 28 heavy (non-hydrogen) atoms. The van der Waals surface area contributed by atoms with Crippen LogP contribution in [0.15, 0.2) is 30.9 Å². The van der Waals surface area contributed by atoms with Crippen molar-refractivity contribution < 1.29 is 14.7 Å². The molecule has 0 spiro atoms. The number of piperidine rings is 1. The van der Waals surface area contributed by atoms with Crippen molar-refractivity contribution in [3.63, 3.8) is 0 Å². The van der Waals surface area contributed by atoms with E-state index in [-0.39, 0.29) is 16.9 Å². The first kappa shape index (κ1) is 19.9. The molecule has 2 aromatic rings. The van der Waals surface area contributed by atoms with Crippen LogP contribution < -0.4 is 0 Å². The van der Waals surface area contributed by atoms with Gasteiger partial charge >= 0.3 is 5.97 Å². The number of nitrogens with zero attached hydrogens (tertiary/aromatic N) is 4. The number of carboxylic acids is 1. The lowest BCUT2D eigenvalue weighted by Gasteiger charge is -2.36. The molecule has 7 heteroatoms. The summed E-state index contributed by atoms with van der Waals surface area (Å²) in [5.41, 5.74) is 1.82. The van der Waals surface area contributed by atoms with E-state index in [0.717, 1.165) is 38.0 Å². The quantitative estimate of drug-likeness (QED) is 0.873. The maximum absolute atomic E-state index is 12.6. The number of amides is 1. The fourth-order valence-electron chi connectivity index (χ4n) is 3.53. The highest BCUT2D eigenvalue weighted by Crippen LogP contribution is 2.26. The van der Waals surface area contributed by atoms with E-state index in [1.54, 1.807) is 24.7 Å². The lowest BCUT2D eigenvalue weighted by molar-refractivity contribution is -0.141. The summed E-state index contributed by atoms with van der Waals surface area (Å²) in [6, 6.07) is 1.55. The second-order valence-electron chi connectivity index (χ2n) is 8.38. The van der Waals surface area contributed by atoms with Crippen molar-refractivity contribution in [1.82, 2.24) is 19.9 Å². The van der Waals surface area contributed by atoms with Crippen LogP contribution in [0.5, 0.6) is 0 Å². The zero-order valence-corrected chi connectivity index (χ0v) is 16.6. The summed E-state index contributed by atoms with van der Waals surface area (Å²) in [5, 5.41) is 9.15. The minimum absolute atomic E-state index is 0.119. The van der Waals surface area contributed by atoms with Crippen LogP contribution in [0.4, 0.5) is 0 Å². The van der Waals surface area contributed by atoms with Gasteiger partial charge in [-0.1, -0.05) is 20.8 Å². The second kappa shape index (κ2) is 8.04. The van der Waals surface area contributed by atoms with E-state index in [9.17, 15) is 9.59 Å². The summed E-state index contributed by atoms with van der Waals surface area (Å²) in [4.78, 5) is 38.6. The van der Waals surface area contributed by atoms with Gasteiger partial charge in [0.05, 0.1) is 23.1 Å². The largest absolute Gasteiger partial charge is 0.478 e. The molecule has 1 aliphatic heterocycles. The van der Waals surface area contributed by atoms with Gasteiger partial charge in [0, 0.05) is 42.7 Å². The number of hydrogen-bond acceptors (Lipinski definition) is 5. The fourth-order valence-corrected chi connectivity index (χ4v) is 3.53. The Morgan fingerprint density at radius 2 is 1.93 bits per heavy atom. The molecule has 148 valence electrons.